The lowest BCUT2D eigenvalue weighted by molar-refractivity contribution is 0.0688. The first-order valence-electron chi connectivity index (χ1n) is 9.48. The second-order valence-corrected chi connectivity index (χ2v) is 10.2. The molecule has 0 bridgehead atoms. The molecule has 0 aliphatic carbocycles. The third-order valence-corrected chi connectivity index (χ3v) is 7.56. The number of hydrogen-bond acceptors (Lipinski definition) is 5. The lowest BCUT2D eigenvalue weighted by Gasteiger charge is -2.27. The number of aromatic nitrogens is 1. The number of nitrogens with zero attached hydrogens (tertiary/aromatic N) is 2. The van der Waals surface area contributed by atoms with Gasteiger partial charge in [-0.3, -0.25) is 4.79 Å². The first-order chi connectivity index (χ1) is 13.0. The van der Waals surface area contributed by atoms with E-state index in [9.17, 15) is 13.2 Å². The Bertz CT molecular complexity index is 862. The number of rotatable bonds is 8. The van der Waals surface area contributed by atoms with Gasteiger partial charge < -0.3 is 4.90 Å². The molecule has 146 valence electrons. The van der Waals surface area contributed by atoms with E-state index < -0.39 is 9.84 Å². The molecule has 1 amide bonds. The second-order valence-electron chi connectivity index (χ2n) is 7.02. The third-order valence-electron chi connectivity index (χ3n) is 4.90. The summed E-state index contributed by atoms with van der Waals surface area (Å²) in [6.45, 7) is 2.66. The molecule has 0 saturated carbocycles. The molecule has 5 nitrogen and oxygen atoms in total. The largest absolute Gasteiger partial charge is 0.333 e. The van der Waals surface area contributed by atoms with Crippen LogP contribution in [0.1, 0.15) is 47.2 Å². The number of carbonyl (C=O) groups excluding carboxylic acids is 1. The van der Waals surface area contributed by atoms with E-state index in [1.165, 1.54) is 16.9 Å². The van der Waals surface area contributed by atoms with Crippen molar-refractivity contribution < 1.29 is 13.2 Å². The zero-order valence-electron chi connectivity index (χ0n) is 15.6. The molecule has 7 heteroatoms. The van der Waals surface area contributed by atoms with Gasteiger partial charge in [0.25, 0.3) is 5.91 Å². The number of aryl methyl sites for hydroxylation is 2. The normalized spacial score (nSPS) is 18.5. The summed E-state index contributed by atoms with van der Waals surface area (Å²) in [6, 6.07) is 10.0. The molecule has 1 unspecified atom stereocenters. The van der Waals surface area contributed by atoms with Gasteiger partial charge in [-0.25, -0.2) is 13.4 Å². The highest BCUT2D eigenvalue weighted by molar-refractivity contribution is 7.91. The van der Waals surface area contributed by atoms with Gasteiger partial charge in [-0.2, -0.15) is 0 Å². The van der Waals surface area contributed by atoms with Crippen LogP contribution in [0.15, 0.2) is 35.7 Å². The smallest absolute Gasteiger partial charge is 0.273 e. The van der Waals surface area contributed by atoms with E-state index in [1.807, 2.05) is 23.6 Å². The molecule has 0 radical (unpaired) electrons. The maximum Gasteiger partial charge on any atom is 0.273 e. The average Bonchev–Trinajstić information content (AvgIpc) is 3.27. The van der Waals surface area contributed by atoms with E-state index in [0.29, 0.717) is 18.7 Å². The summed E-state index contributed by atoms with van der Waals surface area (Å²) in [5, 5.41) is 2.75. The summed E-state index contributed by atoms with van der Waals surface area (Å²) in [5.74, 6) is 0.119. The van der Waals surface area contributed by atoms with Gasteiger partial charge in [0.2, 0.25) is 0 Å². The van der Waals surface area contributed by atoms with Gasteiger partial charge in [-0.1, -0.05) is 43.7 Å². The molecule has 1 atom stereocenters. The molecule has 1 aliphatic rings. The number of unbranched alkanes of at least 4 members (excludes halogenated alkanes) is 1. The molecule has 1 fully saturated rings. The van der Waals surface area contributed by atoms with Crippen molar-refractivity contribution in [3.05, 3.63) is 52.0 Å². The number of sulfone groups is 1. The SMILES string of the molecule is CCCCN(C(=O)c1csc(CCc2ccccc2)n1)C1CCS(=O)(=O)C1. The highest BCUT2D eigenvalue weighted by Gasteiger charge is 2.35. The van der Waals surface area contributed by atoms with Crippen LogP contribution in [0.5, 0.6) is 0 Å². The number of benzene rings is 1. The molecule has 27 heavy (non-hydrogen) atoms. The first kappa shape index (κ1) is 20.0. The first-order valence-corrected chi connectivity index (χ1v) is 12.2. The van der Waals surface area contributed by atoms with E-state index in [2.05, 4.69) is 24.0 Å². The van der Waals surface area contributed by atoms with E-state index in [4.69, 9.17) is 0 Å². The predicted octanol–water partition coefficient (Wildman–Crippen LogP) is 3.36. The maximum absolute atomic E-state index is 13.0. The van der Waals surface area contributed by atoms with Crippen molar-refractivity contribution in [1.82, 2.24) is 9.88 Å². The summed E-state index contributed by atoms with van der Waals surface area (Å²) in [4.78, 5) is 19.3. The highest BCUT2D eigenvalue weighted by Crippen LogP contribution is 2.22. The Balaban J connectivity index is 1.67. The lowest BCUT2D eigenvalue weighted by atomic mass is 10.1. The van der Waals surface area contributed by atoms with E-state index >= 15 is 0 Å². The second kappa shape index (κ2) is 8.97. The van der Waals surface area contributed by atoms with Gasteiger partial charge in [-0.15, -0.1) is 11.3 Å². The van der Waals surface area contributed by atoms with Gasteiger partial charge in [-0.05, 0) is 24.8 Å². The molecular formula is C20H26N2O3S2. The minimum absolute atomic E-state index is 0.0768. The van der Waals surface area contributed by atoms with Crippen LogP contribution in [0.25, 0.3) is 0 Å². The van der Waals surface area contributed by atoms with Crippen molar-refractivity contribution in [3.8, 4) is 0 Å². The van der Waals surface area contributed by atoms with Gasteiger partial charge in [0.05, 0.1) is 16.5 Å². The molecular weight excluding hydrogens is 380 g/mol. The molecule has 1 aromatic carbocycles. The lowest BCUT2D eigenvalue weighted by Crippen LogP contribution is -2.42. The Kier molecular flexibility index (Phi) is 6.65. The van der Waals surface area contributed by atoms with Crippen LogP contribution in [-0.2, 0) is 22.7 Å². The Labute approximate surface area is 165 Å². The van der Waals surface area contributed by atoms with Crippen LogP contribution in [0.4, 0.5) is 0 Å². The van der Waals surface area contributed by atoms with Crippen LogP contribution < -0.4 is 0 Å². The van der Waals surface area contributed by atoms with Gasteiger partial charge in [0.1, 0.15) is 5.69 Å². The molecule has 1 saturated heterocycles. The third kappa shape index (κ3) is 5.39. The molecule has 2 heterocycles. The van der Waals surface area contributed by atoms with Crippen molar-refractivity contribution in [1.29, 1.82) is 0 Å². The fourth-order valence-corrected chi connectivity index (χ4v) is 5.87. The summed E-state index contributed by atoms with van der Waals surface area (Å²) in [7, 11) is -3.03. The van der Waals surface area contributed by atoms with Gasteiger partial charge in [0, 0.05) is 24.4 Å². The summed E-state index contributed by atoms with van der Waals surface area (Å²) in [6.07, 6.45) is 4.05. The standard InChI is InChI=1S/C20H26N2O3S2/c1-2-3-12-22(17-11-13-27(24,25)15-17)20(23)18-14-26-19(21-18)10-9-16-7-5-4-6-8-16/h4-8,14,17H,2-3,9-13,15H2,1H3. The van der Waals surface area contributed by atoms with Crippen molar-refractivity contribution >= 4 is 27.1 Å². The van der Waals surface area contributed by atoms with Gasteiger partial charge in [0.15, 0.2) is 9.84 Å². The zero-order valence-corrected chi connectivity index (χ0v) is 17.3. The molecule has 1 aromatic heterocycles. The van der Waals surface area contributed by atoms with Crippen molar-refractivity contribution in [2.45, 2.75) is 45.1 Å². The van der Waals surface area contributed by atoms with Crippen LogP contribution in [-0.4, -0.2) is 48.3 Å². The van der Waals surface area contributed by atoms with Gasteiger partial charge >= 0.3 is 0 Å². The average molecular weight is 407 g/mol. The van der Waals surface area contributed by atoms with Crippen LogP contribution in [0.2, 0.25) is 0 Å². The van der Waals surface area contributed by atoms with E-state index in [1.54, 1.807) is 4.90 Å². The Morgan fingerprint density at radius 2 is 2.04 bits per heavy atom. The maximum atomic E-state index is 13.0. The number of carbonyl (C=O) groups is 1. The summed E-state index contributed by atoms with van der Waals surface area (Å²) < 4.78 is 23.7. The number of thiazole rings is 1. The van der Waals surface area contributed by atoms with Crippen molar-refractivity contribution in [2.75, 3.05) is 18.1 Å². The Hall–Kier alpha value is -1.73. The van der Waals surface area contributed by atoms with Crippen LogP contribution in [0.3, 0.4) is 0 Å². The fourth-order valence-electron chi connectivity index (χ4n) is 3.37. The molecule has 0 spiro atoms. The van der Waals surface area contributed by atoms with Crippen LogP contribution >= 0.6 is 11.3 Å². The monoisotopic (exact) mass is 406 g/mol. The molecule has 1 aliphatic heterocycles. The molecule has 2 aromatic rings. The quantitative estimate of drug-likeness (QED) is 0.674. The minimum atomic E-state index is -3.03. The predicted molar refractivity (Wildman–Crippen MR) is 109 cm³/mol. The van der Waals surface area contributed by atoms with E-state index in [-0.39, 0.29) is 23.5 Å². The van der Waals surface area contributed by atoms with Crippen molar-refractivity contribution in [3.63, 3.8) is 0 Å². The Morgan fingerprint density at radius 1 is 1.26 bits per heavy atom. The Morgan fingerprint density at radius 3 is 2.70 bits per heavy atom. The molecule has 3 rings (SSSR count). The number of hydrogen-bond donors (Lipinski definition) is 0. The summed E-state index contributed by atoms with van der Waals surface area (Å²) in [5.41, 5.74) is 1.70. The van der Waals surface area contributed by atoms with Crippen LogP contribution in [0, 0.1) is 0 Å². The molecule has 0 N–H and O–H groups in total. The summed E-state index contributed by atoms with van der Waals surface area (Å²) >= 11 is 1.50. The topological polar surface area (TPSA) is 67.3 Å². The zero-order chi connectivity index (χ0) is 19.3. The number of amides is 1. The minimum Gasteiger partial charge on any atom is -0.333 e. The fraction of sp³-hybridized carbons (Fsp3) is 0.500. The van der Waals surface area contributed by atoms with E-state index in [0.717, 1.165) is 30.7 Å². The van der Waals surface area contributed by atoms with Crippen molar-refractivity contribution in [2.24, 2.45) is 0 Å². The highest BCUT2D eigenvalue weighted by atomic mass is 32.2.